The van der Waals surface area contributed by atoms with Crippen molar-refractivity contribution in [1.82, 2.24) is 5.32 Å². The van der Waals surface area contributed by atoms with Gasteiger partial charge >= 0.3 is 0 Å². The maximum absolute atomic E-state index is 11.0. The summed E-state index contributed by atoms with van der Waals surface area (Å²) in [7, 11) is 0. The molecule has 54 valence electrons. The van der Waals surface area contributed by atoms with Crippen LogP contribution in [0.15, 0.2) is 0 Å². The number of carbonyl (C=O) groups excluding carboxylic acids is 1. The lowest BCUT2D eigenvalue weighted by Gasteiger charge is -2.39. The maximum Gasteiger partial charge on any atom is 0.225 e. The van der Waals surface area contributed by atoms with Crippen molar-refractivity contribution in [3.63, 3.8) is 0 Å². The highest BCUT2D eigenvalue weighted by molar-refractivity contribution is 5.87. The fourth-order valence-electron chi connectivity index (χ4n) is 3.04. The number of rotatable bonds is 0. The summed E-state index contributed by atoms with van der Waals surface area (Å²) in [5.41, 5.74) is 0. The third-order valence-electron chi connectivity index (χ3n) is 3.53. The van der Waals surface area contributed by atoms with Crippen molar-refractivity contribution in [3.8, 4) is 0 Å². The van der Waals surface area contributed by atoms with Crippen LogP contribution in [-0.4, -0.2) is 11.9 Å². The molecule has 0 radical (unpaired) electrons. The van der Waals surface area contributed by atoms with E-state index in [0.717, 1.165) is 11.8 Å². The summed E-state index contributed by atoms with van der Waals surface area (Å²) in [6.07, 6.45) is 4.01. The van der Waals surface area contributed by atoms with Crippen molar-refractivity contribution in [2.75, 3.05) is 0 Å². The van der Waals surface area contributed by atoms with E-state index in [1.807, 2.05) is 0 Å². The number of carbonyl (C=O) groups is 1. The summed E-state index contributed by atoms with van der Waals surface area (Å²) in [6, 6.07) is 0.603. The zero-order valence-electron chi connectivity index (χ0n) is 5.84. The van der Waals surface area contributed by atoms with E-state index in [4.69, 9.17) is 0 Å². The number of nitrogens with one attached hydrogen (secondary N) is 1. The molecule has 10 heavy (non-hydrogen) atoms. The number of hydrogen-bond acceptors (Lipinski definition) is 1. The first-order valence-corrected chi connectivity index (χ1v) is 4.16. The summed E-state index contributed by atoms with van der Waals surface area (Å²) in [6.45, 7) is 0. The van der Waals surface area contributed by atoms with Crippen molar-refractivity contribution in [1.29, 1.82) is 0 Å². The summed E-state index contributed by atoms with van der Waals surface area (Å²) in [5, 5.41) is 3.00. The lowest BCUT2D eigenvalue weighted by Crippen LogP contribution is -2.60. The Balaban J connectivity index is 1.95. The first-order chi connectivity index (χ1) is 4.86. The second-order valence-corrected chi connectivity index (χ2v) is 3.89. The molecule has 3 fully saturated rings. The Kier molecular flexibility index (Phi) is 0.715. The maximum atomic E-state index is 11.0. The van der Waals surface area contributed by atoms with Gasteiger partial charge in [0.15, 0.2) is 0 Å². The third-order valence-corrected chi connectivity index (χ3v) is 3.53. The quantitative estimate of drug-likeness (QED) is 0.485. The Bertz CT molecular complexity index is 199. The minimum atomic E-state index is 0.331. The molecule has 1 saturated heterocycles. The van der Waals surface area contributed by atoms with Crippen LogP contribution in [-0.2, 0) is 4.79 Å². The zero-order valence-corrected chi connectivity index (χ0v) is 5.84. The van der Waals surface area contributed by atoms with E-state index >= 15 is 0 Å². The minimum absolute atomic E-state index is 0.331. The van der Waals surface area contributed by atoms with E-state index in [0.29, 0.717) is 17.9 Å². The van der Waals surface area contributed by atoms with E-state index in [1.165, 1.54) is 19.3 Å². The Morgan fingerprint density at radius 2 is 2.10 bits per heavy atom. The van der Waals surface area contributed by atoms with Gasteiger partial charge in [-0.25, -0.2) is 0 Å². The Morgan fingerprint density at radius 3 is 2.70 bits per heavy atom. The van der Waals surface area contributed by atoms with Gasteiger partial charge in [-0.1, -0.05) is 0 Å². The van der Waals surface area contributed by atoms with Gasteiger partial charge in [0.05, 0.1) is 5.92 Å². The van der Waals surface area contributed by atoms with E-state index in [2.05, 4.69) is 5.32 Å². The average Bonchev–Trinajstić information content (AvgIpc) is 2.40. The van der Waals surface area contributed by atoms with Crippen LogP contribution >= 0.6 is 0 Å². The van der Waals surface area contributed by atoms with Gasteiger partial charge in [0, 0.05) is 6.04 Å². The topological polar surface area (TPSA) is 29.1 Å². The van der Waals surface area contributed by atoms with E-state index in [9.17, 15) is 4.79 Å². The molecular weight excluding hydrogens is 126 g/mol. The van der Waals surface area contributed by atoms with Crippen molar-refractivity contribution in [2.45, 2.75) is 25.3 Å². The molecule has 2 nitrogen and oxygen atoms in total. The normalized spacial score (nSPS) is 55.8. The fraction of sp³-hybridized carbons (Fsp3) is 0.875. The van der Waals surface area contributed by atoms with Gasteiger partial charge in [-0.3, -0.25) is 4.79 Å². The molecule has 0 aromatic rings. The minimum Gasteiger partial charge on any atom is -0.352 e. The number of β-lactam (4-membered cyclic amide) rings is 1. The molecule has 2 bridgehead atoms. The molecule has 1 aliphatic heterocycles. The molecule has 1 N–H and O–H groups in total. The summed E-state index contributed by atoms with van der Waals surface area (Å²) < 4.78 is 0. The second-order valence-electron chi connectivity index (χ2n) is 3.89. The van der Waals surface area contributed by atoms with E-state index in [1.54, 1.807) is 0 Å². The van der Waals surface area contributed by atoms with Crippen LogP contribution in [0.1, 0.15) is 19.3 Å². The molecule has 0 aromatic heterocycles. The SMILES string of the molecule is O=C1N[C@H]2[C@@H]3CC[C@@H](C3)[C@@H]12. The molecule has 0 aromatic carbocycles. The van der Waals surface area contributed by atoms with Crippen LogP contribution in [0, 0.1) is 17.8 Å². The number of amides is 1. The summed E-state index contributed by atoms with van der Waals surface area (Å²) >= 11 is 0. The molecule has 0 unspecified atom stereocenters. The third kappa shape index (κ3) is 0.386. The van der Waals surface area contributed by atoms with E-state index < -0.39 is 0 Å². The van der Waals surface area contributed by atoms with Crippen LogP contribution in [0.2, 0.25) is 0 Å². The van der Waals surface area contributed by atoms with Gasteiger partial charge in [-0.2, -0.15) is 0 Å². The predicted molar refractivity (Wildman–Crippen MR) is 36.3 cm³/mol. The second kappa shape index (κ2) is 1.39. The van der Waals surface area contributed by atoms with Crippen LogP contribution in [0.4, 0.5) is 0 Å². The van der Waals surface area contributed by atoms with Crippen LogP contribution < -0.4 is 5.32 Å². The molecule has 4 atom stereocenters. The first kappa shape index (κ1) is 5.16. The summed E-state index contributed by atoms with van der Waals surface area (Å²) in [5.74, 6) is 2.40. The molecule has 3 rings (SSSR count). The average molecular weight is 137 g/mol. The molecule has 1 amide bonds. The van der Waals surface area contributed by atoms with Gasteiger partial charge < -0.3 is 5.32 Å². The monoisotopic (exact) mass is 137 g/mol. The van der Waals surface area contributed by atoms with Crippen LogP contribution in [0.25, 0.3) is 0 Å². The summed E-state index contributed by atoms with van der Waals surface area (Å²) in [4.78, 5) is 11.0. The first-order valence-electron chi connectivity index (χ1n) is 4.16. The fourth-order valence-corrected chi connectivity index (χ4v) is 3.04. The molecule has 2 aliphatic carbocycles. The Labute approximate surface area is 60.0 Å². The van der Waals surface area contributed by atoms with Crippen molar-refractivity contribution < 1.29 is 4.79 Å². The van der Waals surface area contributed by atoms with Gasteiger partial charge in [-0.15, -0.1) is 0 Å². The van der Waals surface area contributed by atoms with E-state index in [-0.39, 0.29) is 0 Å². The highest BCUT2D eigenvalue weighted by Gasteiger charge is 2.57. The molecule has 2 heteroatoms. The molecular formula is C8H11NO. The Morgan fingerprint density at radius 1 is 1.30 bits per heavy atom. The van der Waals surface area contributed by atoms with Crippen LogP contribution in [0.5, 0.6) is 0 Å². The lowest BCUT2D eigenvalue weighted by atomic mass is 9.78. The van der Waals surface area contributed by atoms with Crippen molar-refractivity contribution in [2.24, 2.45) is 17.8 Å². The number of fused-ring (bicyclic) bond motifs is 5. The van der Waals surface area contributed by atoms with Gasteiger partial charge in [0.2, 0.25) is 5.91 Å². The predicted octanol–water partition coefficient (Wildman–Crippen LogP) is 0.531. The van der Waals surface area contributed by atoms with Gasteiger partial charge in [0.25, 0.3) is 0 Å². The molecule has 3 aliphatic rings. The van der Waals surface area contributed by atoms with Gasteiger partial charge in [-0.05, 0) is 31.1 Å². The van der Waals surface area contributed by atoms with Crippen LogP contribution in [0.3, 0.4) is 0 Å². The van der Waals surface area contributed by atoms with Crippen molar-refractivity contribution in [3.05, 3.63) is 0 Å². The zero-order chi connectivity index (χ0) is 6.72. The standard InChI is InChI=1S/C8H11NO/c10-8-6-4-1-2-5(3-4)7(6)9-8/h4-7H,1-3H2,(H,9,10)/t4-,5+,6+,7-/m0/s1. The highest BCUT2D eigenvalue weighted by Crippen LogP contribution is 2.51. The number of hydrogen-bond donors (Lipinski definition) is 1. The smallest absolute Gasteiger partial charge is 0.225 e. The van der Waals surface area contributed by atoms with Gasteiger partial charge in [0.1, 0.15) is 0 Å². The van der Waals surface area contributed by atoms with Crippen molar-refractivity contribution >= 4 is 5.91 Å². The lowest BCUT2D eigenvalue weighted by molar-refractivity contribution is -0.137. The molecule has 1 heterocycles. The largest absolute Gasteiger partial charge is 0.352 e. The molecule has 2 saturated carbocycles. The highest BCUT2D eigenvalue weighted by atomic mass is 16.2. The Hall–Kier alpha value is -0.530. The molecule has 0 spiro atoms.